The first-order chi connectivity index (χ1) is 14.3. The van der Waals surface area contributed by atoms with E-state index in [2.05, 4.69) is 10.6 Å². The van der Waals surface area contributed by atoms with Crippen molar-refractivity contribution in [1.82, 2.24) is 5.32 Å². The molecule has 2 heterocycles. The Morgan fingerprint density at radius 3 is 2.80 bits per heavy atom. The average molecular weight is 432 g/mol. The van der Waals surface area contributed by atoms with Crippen LogP contribution in [0, 0.1) is 5.82 Å². The van der Waals surface area contributed by atoms with E-state index in [1.165, 1.54) is 17.0 Å². The first kappa shape index (κ1) is 20.3. The van der Waals surface area contributed by atoms with Gasteiger partial charge in [0.15, 0.2) is 0 Å². The second-order valence-corrected chi connectivity index (χ2v) is 7.78. The number of nitrogens with one attached hydrogen (secondary N) is 2. The molecule has 1 atom stereocenters. The fraction of sp³-hybridized carbons (Fsp3) is 0.286. The SMILES string of the molecule is O=C1CCc2cc(N3CC[C@](O)(C(=O)NCc4ccc(F)cc4Cl)C3=O)ccc2N1. The molecular formula is C21H19ClFN3O4. The van der Waals surface area contributed by atoms with Crippen LogP contribution < -0.4 is 15.5 Å². The fourth-order valence-electron chi connectivity index (χ4n) is 3.69. The maximum atomic E-state index is 13.2. The van der Waals surface area contributed by atoms with Crippen molar-refractivity contribution in [3.05, 3.63) is 58.4 Å². The van der Waals surface area contributed by atoms with E-state index in [0.717, 1.165) is 11.6 Å². The monoisotopic (exact) mass is 431 g/mol. The lowest BCUT2D eigenvalue weighted by atomic mass is 10.0. The molecule has 0 unspecified atom stereocenters. The summed E-state index contributed by atoms with van der Waals surface area (Å²) >= 11 is 5.95. The molecule has 1 fully saturated rings. The average Bonchev–Trinajstić information content (AvgIpc) is 3.02. The van der Waals surface area contributed by atoms with Gasteiger partial charge in [-0.25, -0.2) is 4.39 Å². The van der Waals surface area contributed by atoms with Gasteiger partial charge in [0.1, 0.15) is 5.82 Å². The van der Waals surface area contributed by atoms with Crippen LogP contribution in [-0.2, 0) is 27.3 Å². The van der Waals surface area contributed by atoms with Gasteiger partial charge >= 0.3 is 0 Å². The molecule has 30 heavy (non-hydrogen) atoms. The number of carbonyl (C=O) groups excluding carboxylic acids is 3. The van der Waals surface area contributed by atoms with Gasteiger partial charge in [0.2, 0.25) is 11.5 Å². The Morgan fingerprint density at radius 2 is 2.03 bits per heavy atom. The predicted octanol–water partition coefficient (Wildman–Crippen LogP) is 2.15. The molecule has 7 nitrogen and oxygen atoms in total. The molecule has 3 N–H and O–H groups in total. The fourth-order valence-corrected chi connectivity index (χ4v) is 3.92. The number of rotatable bonds is 4. The van der Waals surface area contributed by atoms with Crippen molar-refractivity contribution in [2.45, 2.75) is 31.4 Å². The number of aryl methyl sites for hydroxylation is 1. The van der Waals surface area contributed by atoms with Crippen LogP contribution in [0.15, 0.2) is 36.4 Å². The Kier molecular flexibility index (Phi) is 5.21. The number of benzene rings is 2. The number of halogens is 2. The van der Waals surface area contributed by atoms with Gasteiger partial charge < -0.3 is 20.6 Å². The zero-order valence-electron chi connectivity index (χ0n) is 15.9. The lowest BCUT2D eigenvalue weighted by molar-refractivity contribution is -0.149. The summed E-state index contributed by atoms with van der Waals surface area (Å²) in [4.78, 5) is 38.3. The first-order valence-corrected chi connectivity index (χ1v) is 9.85. The summed E-state index contributed by atoms with van der Waals surface area (Å²) < 4.78 is 13.2. The van der Waals surface area contributed by atoms with Crippen molar-refractivity contribution in [1.29, 1.82) is 0 Å². The Morgan fingerprint density at radius 1 is 1.23 bits per heavy atom. The quantitative estimate of drug-likeness (QED) is 0.646. The van der Waals surface area contributed by atoms with Crippen molar-refractivity contribution < 1.29 is 23.9 Å². The van der Waals surface area contributed by atoms with Gasteiger partial charge in [0, 0.05) is 42.3 Å². The molecule has 2 aliphatic rings. The predicted molar refractivity (Wildman–Crippen MR) is 109 cm³/mol. The second kappa shape index (κ2) is 7.70. The van der Waals surface area contributed by atoms with E-state index >= 15 is 0 Å². The van der Waals surface area contributed by atoms with Crippen LogP contribution in [0.1, 0.15) is 24.0 Å². The van der Waals surface area contributed by atoms with Crippen LogP contribution in [0.25, 0.3) is 0 Å². The summed E-state index contributed by atoms with van der Waals surface area (Å²) in [7, 11) is 0. The third kappa shape index (κ3) is 3.64. The Bertz CT molecular complexity index is 1060. The van der Waals surface area contributed by atoms with Crippen LogP contribution in [0.4, 0.5) is 15.8 Å². The van der Waals surface area contributed by atoms with E-state index in [-0.39, 0.29) is 30.4 Å². The molecular weight excluding hydrogens is 413 g/mol. The number of carbonyl (C=O) groups is 3. The normalized spacial score (nSPS) is 20.7. The number of aliphatic hydroxyl groups is 1. The van der Waals surface area contributed by atoms with Crippen LogP contribution in [-0.4, -0.2) is 35.0 Å². The standard InChI is InChI=1S/C21H19ClFN3O4/c22-16-10-14(23)3-1-13(16)11-24-19(28)21(30)7-8-26(20(21)29)15-4-5-17-12(9-15)2-6-18(27)25-17/h1,3-5,9-10,30H,2,6-8,11H2,(H,24,28)(H,25,27)/t21-/m0/s1. The highest BCUT2D eigenvalue weighted by molar-refractivity contribution is 6.31. The summed E-state index contributed by atoms with van der Waals surface area (Å²) in [5.74, 6) is -2.11. The number of nitrogens with zero attached hydrogens (tertiary/aromatic N) is 1. The van der Waals surface area contributed by atoms with Gasteiger partial charge in [0.05, 0.1) is 0 Å². The Labute approximate surface area is 176 Å². The summed E-state index contributed by atoms with van der Waals surface area (Å²) in [6, 6.07) is 8.93. The van der Waals surface area contributed by atoms with Crippen LogP contribution in [0.3, 0.4) is 0 Å². The van der Waals surface area contributed by atoms with Crippen LogP contribution in [0.5, 0.6) is 0 Å². The summed E-state index contributed by atoms with van der Waals surface area (Å²) in [5.41, 5.74) is 0.419. The maximum absolute atomic E-state index is 13.2. The lowest BCUT2D eigenvalue weighted by Gasteiger charge is -2.24. The molecule has 0 aliphatic carbocycles. The topological polar surface area (TPSA) is 98.7 Å². The van der Waals surface area contributed by atoms with Gasteiger partial charge in [-0.05, 0) is 47.9 Å². The number of hydrogen-bond acceptors (Lipinski definition) is 4. The second-order valence-electron chi connectivity index (χ2n) is 7.38. The number of fused-ring (bicyclic) bond motifs is 1. The third-order valence-corrected chi connectivity index (χ3v) is 5.77. The van der Waals surface area contributed by atoms with E-state index < -0.39 is 23.2 Å². The molecule has 1 saturated heterocycles. The highest BCUT2D eigenvalue weighted by Crippen LogP contribution is 2.33. The minimum atomic E-state index is -2.20. The van der Waals surface area contributed by atoms with Gasteiger partial charge in [-0.1, -0.05) is 17.7 Å². The van der Waals surface area contributed by atoms with Gasteiger partial charge in [-0.15, -0.1) is 0 Å². The molecule has 9 heteroatoms. The van der Waals surface area contributed by atoms with Gasteiger partial charge in [-0.3, -0.25) is 14.4 Å². The Balaban J connectivity index is 1.47. The first-order valence-electron chi connectivity index (χ1n) is 9.47. The van der Waals surface area contributed by atoms with E-state index in [0.29, 0.717) is 29.8 Å². The zero-order chi connectivity index (χ0) is 21.5. The van der Waals surface area contributed by atoms with E-state index in [1.807, 2.05) is 0 Å². The maximum Gasteiger partial charge on any atom is 0.268 e. The molecule has 0 bridgehead atoms. The van der Waals surface area contributed by atoms with Crippen molar-refractivity contribution in [3.63, 3.8) is 0 Å². The minimum Gasteiger partial charge on any atom is -0.372 e. The van der Waals surface area contributed by atoms with Crippen molar-refractivity contribution in [2.24, 2.45) is 0 Å². The molecule has 0 radical (unpaired) electrons. The van der Waals surface area contributed by atoms with E-state index in [4.69, 9.17) is 11.6 Å². The molecule has 156 valence electrons. The molecule has 0 aromatic heterocycles. The number of amides is 3. The molecule has 4 rings (SSSR count). The van der Waals surface area contributed by atoms with Gasteiger partial charge in [-0.2, -0.15) is 0 Å². The molecule has 2 aliphatic heterocycles. The smallest absolute Gasteiger partial charge is 0.268 e. The molecule has 2 aromatic rings. The number of hydrogen-bond donors (Lipinski definition) is 3. The summed E-state index contributed by atoms with van der Waals surface area (Å²) in [5, 5.41) is 16.2. The van der Waals surface area contributed by atoms with Crippen LogP contribution in [0.2, 0.25) is 5.02 Å². The molecule has 2 aromatic carbocycles. The van der Waals surface area contributed by atoms with E-state index in [9.17, 15) is 23.9 Å². The van der Waals surface area contributed by atoms with E-state index in [1.54, 1.807) is 18.2 Å². The summed E-state index contributed by atoms with van der Waals surface area (Å²) in [6.45, 7) is 0.122. The highest BCUT2D eigenvalue weighted by atomic mass is 35.5. The van der Waals surface area contributed by atoms with Crippen molar-refractivity contribution in [2.75, 3.05) is 16.8 Å². The zero-order valence-corrected chi connectivity index (χ0v) is 16.6. The summed E-state index contributed by atoms with van der Waals surface area (Å²) in [6.07, 6.45) is 0.853. The van der Waals surface area contributed by atoms with Gasteiger partial charge in [0.25, 0.3) is 11.8 Å². The Hall–Kier alpha value is -2.97. The van der Waals surface area contributed by atoms with Crippen molar-refractivity contribution in [3.8, 4) is 0 Å². The highest BCUT2D eigenvalue weighted by Gasteiger charge is 2.51. The third-order valence-electron chi connectivity index (χ3n) is 5.42. The molecule has 0 saturated carbocycles. The molecule has 0 spiro atoms. The van der Waals surface area contributed by atoms with Crippen LogP contribution >= 0.6 is 11.6 Å². The number of anilines is 2. The van der Waals surface area contributed by atoms with Crippen molar-refractivity contribution >= 4 is 40.7 Å². The minimum absolute atomic E-state index is 0.0495. The molecule has 3 amide bonds. The lowest BCUT2D eigenvalue weighted by Crippen LogP contribution is -2.52. The largest absolute Gasteiger partial charge is 0.372 e.